The van der Waals surface area contributed by atoms with Gasteiger partial charge in [-0.05, 0) is 31.4 Å². The second-order valence-electron chi connectivity index (χ2n) is 4.87. The Morgan fingerprint density at radius 2 is 2.17 bits per heavy atom. The molecule has 2 aromatic rings. The maximum Gasteiger partial charge on any atom is 0.134 e. The zero-order chi connectivity index (χ0) is 12.2. The van der Waals surface area contributed by atoms with Crippen LogP contribution < -0.4 is 5.32 Å². The third-order valence-electron chi connectivity index (χ3n) is 3.42. The summed E-state index contributed by atoms with van der Waals surface area (Å²) < 4.78 is 11.4. The molecule has 1 fully saturated rings. The van der Waals surface area contributed by atoms with Gasteiger partial charge in [-0.15, -0.1) is 0 Å². The van der Waals surface area contributed by atoms with Crippen LogP contribution in [-0.2, 0) is 11.3 Å². The lowest BCUT2D eigenvalue weighted by Gasteiger charge is -2.22. The molecule has 0 bridgehead atoms. The average Bonchev–Trinajstić information content (AvgIpc) is 2.82. The summed E-state index contributed by atoms with van der Waals surface area (Å²) in [6.45, 7) is 2.60. The van der Waals surface area contributed by atoms with Crippen LogP contribution in [0.3, 0.4) is 0 Å². The Bertz CT molecular complexity index is 467. The van der Waals surface area contributed by atoms with Gasteiger partial charge in [0, 0.05) is 18.5 Å². The molecule has 1 aliphatic heterocycles. The maximum absolute atomic E-state index is 5.75. The molecule has 2 heterocycles. The van der Waals surface area contributed by atoms with Crippen molar-refractivity contribution >= 4 is 11.0 Å². The van der Waals surface area contributed by atoms with Gasteiger partial charge in [0.1, 0.15) is 11.3 Å². The molecular weight excluding hydrogens is 226 g/mol. The normalized spacial score (nSPS) is 20.3. The van der Waals surface area contributed by atoms with E-state index in [2.05, 4.69) is 17.4 Å². The minimum absolute atomic E-state index is 0.378. The molecule has 0 saturated carbocycles. The number of fused-ring (bicyclic) bond motifs is 1. The van der Waals surface area contributed by atoms with E-state index in [4.69, 9.17) is 9.15 Å². The van der Waals surface area contributed by atoms with Crippen molar-refractivity contribution in [1.29, 1.82) is 0 Å². The van der Waals surface area contributed by atoms with Crippen LogP contribution in [0.25, 0.3) is 11.0 Å². The first-order chi connectivity index (χ1) is 8.92. The lowest BCUT2D eigenvalue weighted by atomic mass is 10.1. The third kappa shape index (κ3) is 2.74. The van der Waals surface area contributed by atoms with Crippen molar-refractivity contribution in [2.24, 2.45) is 0 Å². The van der Waals surface area contributed by atoms with Gasteiger partial charge in [0.25, 0.3) is 0 Å². The van der Waals surface area contributed by atoms with Gasteiger partial charge in [0.05, 0.1) is 12.6 Å². The summed E-state index contributed by atoms with van der Waals surface area (Å²) in [5.41, 5.74) is 0.961. The van der Waals surface area contributed by atoms with Crippen molar-refractivity contribution in [3.05, 3.63) is 36.1 Å². The maximum atomic E-state index is 5.75. The summed E-state index contributed by atoms with van der Waals surface area (Å²) in [5, 5.41) is 4.58. The van der Waals surface area contributed by atoms with E-state index in [1.165, 1.54) is 24.6 Å². The minimum atomic E-state index is 0.378. The zero-order valence-corrected chi connectivity index (χ0v) is 10.5. The van der Waals surface area contributed by atoms with Gasteiger partial charge in [0.15, 0.2) is 0 Å². The lowest BCUT2D eigenvalue weighted by molar-refractivity contribution is 0.0166. The van der Waals surface area contributed by atoms with Crippen molar-refractivity contribution < 1.29 is 9.15 Å². The molecule has 3 heteroatoms. The third-order valence-corrected chi connectivity index (χ3v) is 3.42. The van der Waals surface area contributed by atoms with Crippen LogP contribution in [0.15, 0.2) is 34.7 Å². The van der Waals surface area contributed by atoms with Crippen molar-refractivity contribution in [1.82, 2.24) is 5.32 Å². The van der Waals surface area contributed by atoms with Crippen LogP contribution >= 0.6 is 0 Å². The molecular formula is C15H19NO2. The van der Waals surface area contributed by atoms with E-state index in [-0.39, 0.29) is 0 Å². The van der Waals surface area contributed by atoms with Gasteiger partial charge in [-0.2, -0.15) is 0 Å². The molecule has 1 atom stereocenters. The van der Waals surface area contributed by atoms with Gasteiger partial charge in [0.2, 0.25) is 0 Å². The summed E-state index contributed by atoms with van der Waals surface area (Å²) in [7, 11) is 0. The number of para-hydroxylation sites is 1. The van der Waals surface area contributed by atoms with Crippen LogP contribution in [0.2, 0.25) is 0 Å². The molecule has 0 radical (unpaired) electrons. The summed E-state index contributed by atoms with van der Waals surface area (Å²) in [4.78, 5) is 0. The quantitative estimate of drug-likeness (QED) is 0.898. The number of rotatable bonds is 4. The van der Waals surface area contributed by atoms with Crippen LogP contribution in [0, 0.1) is 0 Å². The summed E-state index contributed by atoms with van der Waals surface area (Å²) in [5.74, 6) is 0.993. The molecule has 1 aromatic heterocycles. The van der Waals surface area contributed by atoms with Gasteiger partial charge in [-0.25, -0.2) is 0 Å². The van der Waals surface area contributed by atoms with Gasteiger partial charge < -0.3 is 14.5 Å². The highest BCUT2D eigenvalue weighted by Crippen LogP contribution is 2.18. The van der Waals surface area contributed by atoms with Crippen molar-refractivity contribution in [3.63, 3.8) is 0 Å². The Morgan fingerprint density at radius 1 is 1.22 bits per heavy atom. The number of hydrogen-bond acceptors (Lipinski definition) is 3. The van der Waals surface area contributed by atoms with Crippen LogP contribution in [-0.4, -0.2) is 19.3 Å². The molecule has 0 aliphatic carbocycles. The zero-order valence-electron chi connectivity index (χ0n) is 10.5. The fraction of sp³-hybridized carbons (Fsp3) is 0.467. The Balaban J connectivity index is 1.53. The van der Waals surface area contributed by atoms with Crippen LogP contribution in [0.5, 0.6) is 0 Å². The monoisotopic (exact) mass is 245 g/mol. The molecule has 0 spiro atoms. The number of hydrogen-bond donors (Lipinski definition) is 1. The van der Waals surface area contributed by atoms with E-state index in [0.717, 1.165) is 31.0 Å². The molecule has 96 valence electrons. The highest BCUT2D eigenvalue weighted by Gasteiger charge is 2.13. The fourth-order valence-electron chi connectivity index (χ4n) is 2.45. The molecule has 1 aliphatic rings. The Labute approximate surface area is 107 Å². The molecule has 3 rings (SSSR count). The molecule has 1 aromatic carbocycles. The largest absolute Gasteiger partial charge is 0.460 e. The van der Waals surface area contributed by atoms with E-state index in [1.54, 1.807) is 0 Å². The second kappa shape index (κ2) is 5.55. The summed E-state index contributed by atoms with van der Waals surface area (Å²) in [6, 6.07) is 10.2. The van der Waals surface area contributed by atoms with E-state index in [0.29, 0.717) is 6.10 Å². The predicted octanol–water partition coefficient (Wildman–Crippen LogP) is 3.09. The average molecular weight is 245 g/mol. The van der Waals surface area contributed by atoms with E-state index >= 15 is 0 Å². The first-order valence-corrected chi connectivity index (χ1v) is 6.71. The standard InChI is InChI=1S/C15H19NO2/c1-2-7-15-12(5-1)9-14(18-15)11-16-10-13-6-3-4-8-17-13/h1-2,5,7,9,13,16H,3-4,6,8,10-11H2. The Hall–Kier alpha value is -1.32. The smallest absolute Gasteiger partial charge is 0.134 e. The highest BCUT2D eigenvalue weighted by atomic mass is 16.5. The number of ether oxygens (including phenoxy) is 1. The fourth-order valence-corrected chi connectivity index (χ4v) is 2.45. The lowest BCUT2D eigenvalue weighted by Crippen LogP contribution is -2.31. The van der Waals surface area contributed by atoms with Crippen molar-refractivity contribution in [2.45, 2.75) is 31.9 Å². The van der Waals surface area contributed by atoms with E-state index in [1.807, 2.05) is 18.2 Å². The number of furan rings is 1. The number of benzene rings is 1. The highest BCUT2D eigenvalue weighted by molar-refractivity contribution is 5.77. The first-order valence-electron chi connectivity index (χ1n) is 6.71. The SMILES string of the molecule is c1ccc2oc(CNCC3CCCCO3)cc2c1. The second-order valence-corrected chi connectivity index (χ2v) is 4.87. The molecule has 1 N–H and O–H groups in total. The molecule has 3 nitrogen and oxygen atoms in total. The molecule has 1 unspecified atom stereocenters. The van der Waals surface area contributed by atoms with E-state index in [9.17, 15) is 0 Å². The van der Waals surface area contributed by atoms with Crippen molar-refractivity contribution in [2.75, 3.05) is 13.2 Å². The summed E-state index contributed by atoms with van der Waals surface area (Å²) >= 11 is 0. The molecule has 18 heavy (non-hydrogen) atoms. The van der Waals surface area contributed by atoms with Gasteiger partial charge in [-0.3, -0.25) is 0 Å². The van der Waals surface area contributed by atoms with Gasteiger partial charge >= 0.3 is 0 Å². The topological polar surface area (TPSA) is 34.4 Å². The molecule has 0 amide bonds. The Morgan fingerprint density at radius 3 is 3.00 bits per heavy atom. The summed E-state index contributed by atoms with van der Waals surface area (Å²) in [6.07, 6.45) is 4.05. The minimum Gasteiger partial charge on any atom is -0.460 e. The first kappa shape index (κ1) is 11.8. The number of nitrogens with one attached hydrogen (secondary N) is 1. The van der Waals surface area contributed by atoms with Gasteiger partial charge in [-0.1, -0.05) is 18.2 Å². The van der Waals surface area contributed by atoms with Crippen LogP contribution in [0.1, 0.15) is 25.0 Å². The predicted molar refractivity (Wildman–Crippen MR) is 71.5 cm³/mol. The molecule has 1 saturated heterocycles. The van der Waals surface area contributed by atoms with Crippen LogP contribution in [0.4, 0.5) is 0 Å². The van der Waals surface area contributed by atoms with Crippen molar-refractivity contribution in [3.8, 4) is 0 Å². The van der Waals surface area contributed by atoms with E-state index < -0.39 is 0 Å². The Kier molecular flexibility index (Phi) is 3.62.